The Balaban J connectivity index is 1.69. The number of nitrogens with one attached hydrogen (secondary N) is 1. The Hall–Kier alpha value is -2.86. The van der Waals surface area contributed by atoms with Crippen LogP contribution in [0.15, 0.2) is 48.5 Å². The number of benzene rings is 2. The number of amides is 1. The van der Waals surface area contributed by atoms with E-state index in [1.54, 1.807) is 14.0 Å². The third-order valence-electron chi connectivity index (χ3n) is 5.22. The van der Waals surface area contributed by atoms with Gasteiger partial charge >= 0.3 is 0 Å². The average molecular weight is 364 g/mol. The molecule has 1 N–H and O–H groups in total. The van der Waals surface area contributed by atoms with Gasteiger partial charge in [-0.3, -0.25) is 9.69 Å². The normalized spacial score (nSPS) is 16.4. The first kappa shape index (κ1) is 17.5. The van der Waals surface area contributed by atoms with Gasteiger partial charge in [-0.25, -0.2) is 4.98 Å². The summed E-state index contributed by atoms with van der Waals surface area (Å²) in [5.41, 5.74) is 3.16. The number of fused-ring (bicyclic) bond motifs is 1. The summed E-state index contributed by atoms with van der Waals surface area (Å²) in [6.07, 6.45) is 0. The number of methoxy groups -OCH3 is 1. The lowest BCUT2D eigenvalue weighted by Gasteiger charge is -2.38. The highest BCUT2D eigenvalue weighted by molar-refractivity contribution is 5.75. The highest BCUT2D eigenvalue weighted by Crippen LogP contribution is 2.30. The zero-order valence-electron chi connectivity index (χ0n) is 15.7. The minimum absolute atomic E-state index is 0.0115. The highest BCUT2D eigenvalue weighted by atomic mass is 16.5. The van der Waals surface area contributed by atoms with Crippen molar-refractivity contribution >= 4 is 16.9 Å². The fourth-order valence-corrected chi connectivity index (χ4v) is 3.72. The van der Waals surface area contributed by atoms with Crippen LogP contribution in [0.5, 0.6) is 5.75 Å². The van der Waals surface area contributed by atoms with Crippen molar-refractivity contribution in [2.75, 3.05) is 33.3 Å². The van der Waals surface area contributed by atoms with Crippen molar-refractivity contribution in [3.8, 4) is 5.75 Å². The van der Waals surface area contributed by atoms with Gasteiger partial charge in [0.2, 0.25) is 5.91 Å². The molecule has 140 valence electrons. The molecule has 2 aromatic carbocycles. The maximum atomic E-state index is 11.7. The lowest BCUT2D eigenvalue weighted by Crippen LogP contribution is -2.49. The predicted molar refractivity (Wildman–Crippen MR) is 105 cm³/mol. The van der Waals surface area contributed by atoms with Crippen LogP contribution in [-0.2, 0) is 4.79 Å². The topological polar surface area (TPSA) is 61.5 Å². The molecule has 6 heteroatoms. The van der Waals surface area contributed by atoms with Crippen LogP contribution in [0.1, 0.15) is 24.4 Å². The van der Waals surface area contributed by atoms with E-state index in [9.17, 15) is 4.79 Å². The second kappa shape index (κ2) is 7.40. The van der Waals surface area contributed by atoms with Crippen LogP contribution in [-0.4, -0.2) is 59.0 Å². The Morgan fingerprint density at radius 1 is 1.07 bits per heavy atom. The fourth-order valence-electron chi connectivity index (χ4n) is 3.72. The highest BCUT2D eigenvalue weighted by Gasteiger charge is 2.29. The first-order chi connectivity index (χ1) is 13.2. The van der Waals surface area contributed by atoms with Gasteiger partial charge in [-0.1, -0.05) is 24.3 Å². The number of para-hydroxylation sites is 2. The van der Waals surface area contributed by atoms with Crippen molar-refractivity contribution in [2.45, 2.75) is 13.0 Å². The van der Waals surface area contributed by atoms with Crippen LogP contribution in [0.4, 0.5) is 0 Å². The third kappa shape index (κ3) is 3.53. The van der Waals surface area contributed by atoms with Crippen LogP contribution < -0.4 is 4.74 Å². The summed E-state index contributed by atoms with van der Waals surface area (Å²) in [6.45, 7) is 4.74. The Bertz CT molecular complexity index is 894. The van der Waals surface area contributed by atoms with Crippen LogP contribution in [0.2, 0.25) is 0 Å². The molecule has 1 amide bonds. The first-order valence-corrected chi connectivity index (χ1v) is 9.24. The van der Waals surface area contributed by atoms with Crippen LogP contribution in [0.3, 0.4) is 0 Å². The van der Waals surface area contributed by atoms with E-state index in [0.29, 0.717) is 0 Å². The van der Waals surface area contributed by atoms with Crippen molar-refractivity contribution in [3.05, 3.63) is 59.9 Å². The number of piperazine rings is 1. The summed E-state index contributed by atoms with van der Waals surface area (Å²) in [5.74, 6) is 1.90. The van der Waals surface area contributed by atoms with E-state index in [1.165, 1.54) is 0 Å². The van der Waals surface area contributed by atoms with Gasteiger partial charge in [0, 0.05) is 33.1 Å². The number of aromatic nitrogens is 2. The van der Waals surface area contributed by atoms with E-state index in [0.717, 1.165) is 54.3 Å². The van der Waals surface area contributed by atoms with E-state index in [2.05, 4.69) is 22.0 Å². The second-order valence-corrected chi connectivity index (χ2v) is 6.86. The Morgan fingerprint density at radius 2 is 1.78 bits per heavy atom. The summed E-state index contributed by atoms with van der Waals surface area (Å²) in [7, 11) is 1.67. The monoisotopic (exact) mass is 364 g/mol. The molecule has 0 bridgehead atoms. The first-order valence-electron chi connectivity index (χ1n) is 9.24. The van der Waals surface area contributed by atoms with Crippen LogP contribution in [0, 0.1) is 0 Å². The molecule has 1 saturated heterocycles. The summed E-state index contributed by atoms with van der Waals surface area (Å²) < 4.78 is 5.31. The van der Waals surface area contributed by atoms with Gasteiger partial charge < -0.3 is 14.6 Å². The van der Waals surface area contributed by atoms with Gasteiger partial charge in [-0.05, 0) is 29.8 Å². The van der Waals surface area contributed by atoms with Gasteiger partial charge in [0.25, 0.3) is 0 Å². The minimum Gasteiger partial charge on any atom is -0.497 e. The SMILES string of the molecule is COc1ccc(C(c2nc3ccccc3[nH]2)N2CCN(C(C)=O)CC2)cc1. The standard InChI is InChI=1S/C21H24N4O2/c1-15(26)24-11-13-25(14-12-24)20(16-7-9-17(27-2)10-8-16)21-22-18-5-3-4-6-19(18)23-21/h3-10,20H,11-14H2,1-2H3,(H,22,23). The molecular formula is C21H24N4O2. The number of rotatable bonds is 4. The summed E-state index contributed by atoms with van der Waals surface area (Å²) in [5, 5.41) is 0. The van der Waals surface area contributed by atoms with Crippen molar-refractivity contribution in [1.29, 1.82) is 0 Å². The Morgan fingerprint density at radius 3 is 2.41 bits per heavy atom. The van der Waals surface area contributed by atoms with E-state index >= 15 is 0 Å². The van der Waals surface area contributed by atoms with Gasteiger partial charge in [-0.2, -0.15) is 0 Å². The summed E-state index contributed by atoms with van der Waals surface area (Å²) >= 11 is 0. The molecule has 1 aliphatic rings. The van der Waals surface area contributed by atoms with Crippen molar-refractivity contribution < 1.29 is 9.53 Å². The molecule has 0 aliphatic carbocycles. The molecule has 0 saturated carbocycles. The lowest BCUT2D eigenvalue weighted by atomic mass is 10.0. The molecule has 4 rings (SSSR count). The number of imidazole rings is 1. The number of H-pyrrole nitrogens is 1. The number of ether oxygens (including phenoxy) is 1. The van der Waals surface area contributed by atoms with E-state index in [4.69, 9.17) is 9.72 Å². The van der Waals surface area contributed by atoms with Crippen LogP contribution in [0.25, 0.3) is 11.0 Å². The zero-order valence-corrected chi connectivity index (χ0v) is 15.7. The molecule has 1 aliphatic heterocycles. The molecule has 2 heterocycles. The van der Waals surface area contributed by atoms with Gasteiger partial charge in [0.1, 0.15) is 11.6 Å². The fraction of sp³-hybridized carbons (Fsp3) is 0.333. The molecular weight excluding hydrogens is 340 g/mol. The summed E-state index contributed by atoms with van der Waals surface area (Å²) in [4.78, 5) is 24.3. The van der Waals surface area contributed by atoms with E-state index in [-0.39, 0.29) is 11.9 Å². The number of aromatic amines is 1. The predicted octanol–water partition coefficient (Wildman–Crippen LogP) is 2.83. The van der Waals surface area contributed by atoms with Gasteiger partial charge in [0.05, 0.1) is 24.2 Å². The Kier molecular flexibility index (Phi) is 4.81. The molecule has 1 fully saturated rings. The van der Waals surface area contributed by atoms with Gasteiger partial charge in [0.15, 0.2) is 0 Å². The van der Waals surface area contributed by atoms with E-state index in [1.807, 2.05) is 41.3 Å². The van der Waals surface area contributed by atoms with Crippen molar-refractivity contribution in [2.24, 2.45) is 0 Å². The molecule has 1 unspecified atom stereocenters. The molecule has 27 heavy (non-hydrogen) atoms. The minimum atomic E-state index is 0.0115. The lowest BCUT2D eigenvalue weighted by molar-refractivity contribution is -0.130. The molecule has 6 nitrogen and oxygen atoms in total. The van der Waals surface area contributed by atoms with E-state index < -0.39 is 0 Å². The molecule has 0 radical (unpaired) electrons. The smallest absolute Gasteiger partial charge is 0.219 e. The molecule has 3 aromatic rings. The van der Waals surface area contributed by atoms with Gasteiger partial charge in [-0.15, -0.1) is 0 Å². The number of carbonyl (C=O) groups excluding carboxylic acids is 1. The molecule has 0 spiro atoms. The zero-order chi connectivity index (χ0) is 18.8. The number of hydrogen-bond donors (Lipinski definition) is 1. The van der Waals surface area contributed by atoms with Crippen molar-refractivity contribution in [3.63, 3.8) is 0 Å². The largest absolute Gasteiger partial charge is 0.497 e. The van der Waals surface area contributed by atoms with Crippen LogP contribution >= 0.6 is 0 Å². The number of nitrogens with zero attached hydrogens (tertiary/aromatic N) is 3. The number of hydrogen-bond acceptors (Lipinski definition) is 4. The second-order valence-electron chi connectivity index (χ2n) is 6.86. The maximum Gasteiger partial charge on any atom is 0.219 e. The number of carbonyl (C=O) groups is 1. The summed E-state index contributed by atoms with van der Waals surface area (Å²) in [6, 6.07) is 16.2. The maximum absolute atomic E-state index is 11.7. The average Bonchev–Trinajstić information content (AvgIpc) is 3.12. The third-order valence-corrected chi connectivity index (χ3v) is 5.22. The quantitative estimate of drug-likeness (QED) is 0.773. The molecule has 1 atom stereocenters. The molecule has 1 aromatic heterocycles. The van der Waals surface area contributed by atoms with Crippen molar-refractivity contribution in [1.82, 2.24) is 19.8 Å². The Labute approximate surface area is 158 Å².